The van der Waals surface area contributed by atoms with Gasteiger partial charge in [-0.1, -0.05) is 0 Å². The smallest absolute Gasteiger partial charge is 0.163 e. The van der Waals surface area contributed by atoms with Gasteiger partial charge in [0.2, 0.25) is 0 Å². The van der Waals surface area contributed by atoms with E-state index in [4.69, 9.17) is 9.72 Å². The molecule has 6 nitrogen and oxygen atoms in total. The summed E-state index contributed by atoms with van der Waals surface area (Å²) >= 11 is 0. The van der Waals surface area contributed by atoms with Crippen LogP contribution in [0.2, 0.25) is 0 Å². The average Bonchev–Trinajstić information content (AvgIpc) is 3.16. The van der Waals surface area contributed by atoms with Gasteiger partial charge in [0, 0.05) is 69.0 Å². The SMILES string of the molecule is Cc1cc(N2CCN(CC3CCOC3)CC2)nc(-c2cccnc2)n1. The lowest BCUT2D eigenvalue weighted by atomic mass is 10.1. The molecule has 2 aliphatic rings. The van der Waals surface area contributed by atoms with Gasteiger partial charge in [-0.05, 0) is 31.4 Å². The number of anilines is 1. The van der Waals surface area contributed by atoms with Gasteiger partial charge in [-0.3, -0.25) is 9.88 Å². The van der Waals surface area contributed by atoms with Crippen molar-refractivity contribution in [2.45, 2.75) is 13.3 Å². The third-order valence-corrected chi connectivity index (χ3v) is 5.00. The summed E-state index contributed by atoms with van der Waals surface area (Å²) in [5, 5.41) is 0. The Bertz CT molecular complexity index is 694. The Labute approximate surface area is 148 Å². The van der Waals surface area contributed by atoms with Gasteiger partial charge >= 0.3 is 0 Å². The minimum atomic E-state index is 0.713. The molecule has 132 valence electrons. The monoisotopic (exact) mass is 339 g/mol. The van der Waals surface area contributed by atoms with Crippen LogP contribution in [0.15, 0.2) is 30.6 Å². The van der Waals surface area contributed by atoms with E-state index in [9.17, 15) is 0 Å². The Morgan fingerprint density at radius 3 is 2.80 bits per heavy atom. The minimum absolute atomic E-state index is 0.713. The van der Waals surface area contributed by atoms with Crippen LogP contribution >= 0.6 is 0 Å². The lowest BCUT2D eigenvalue weighted by molar-refractivity contribution is 0.164. The largest absolute Gasteiger partial charge is 0.381 e. The highest BCUT2D eigenvalue weighted by Gasteiger charge is 2.23. The topological polar surface area (TPSA) is 54.4 Å². The lowest BCUT2D eigenvalue weighted by Gasteiger charge is -2.36. The molecule has 2 aromatic rings. The van der Waals surface area contributed by atoms with Crippen molar-refractivity contribution in [2.24, 2.45) is 5.92 Å². The van der Waals surface area contributed by atoms with Crippen LogP contribution in [-0.2, 0) is 4.74 Å². The standard InChI is InChI=1S/C19H25N5O/c1-15-11-18(22-19(21-15)17-3-2-5-20-12-17)24-8-6-23(7-9-24)13-16-4-10-25-14-16/h2-3,5,11-12,16H,4,6-10,13-14H2,1H3. The third-order valence-electron chi connectivity index (χ3n) is 5.00. The molecular weight excluding hydrogens is 314 g/mol. The summed E-state index contributed by atoms with van der Waals surface area (Å²) in [4.78, 5) is 18.5. The molecule has 0 radical (unpaired) electrons. The van der Waals surface area contributed by atoms with Crippen LogP contribution in [-0.4, -0.2) is 65.8 Å². The van der Waals surface area contributed by atoms with E-state index in [0.29, 0.717) is 5.92 Å². The Morgan fingerprint density at radius 1 is 1.20 bits per heavy atom. The fourth-order valence-electron chi connectivity index (χ4n) is 3.59. The Morgan fingerprint density at radius 2 is 2.08 bits per heavy atom. The zero-order chi connectivity index (χ0) is 17.1. The fraction of sp³-hybridized carbons (Fsp3) is 0.526. The highest BCUT2D eigenvalue weighted by atomic mass is 16.5. The number of aryl methyl sites for hydroxylation is 1. The predicted octanol–water partition coefficient (Wildman–Crippen LogP) is 2.01. The molecule has 1 atom stereocenters. The van der Waals surface area contributed by atoms with Gasteiger partial charge in [-0.25, -0.2) is 9.97 Å². The molecule has 6 heteroatoms. The summed E-state index contributed by atoms with van der Waals surface area (Å²) in [6.45, 7) is 9.25. The number of rotatable bonds is 4. The maximum Gasteiger partial charge on any atom is 0.163 e. The molecule has 0 aromatic carbocycles. The minimum Gasteiger partial charge on any atom is -0.381 e. The highest BCUT2D eigenvalue weighted by Crippen LogP contribution is 2.21. The van der Waals surface area contributed by atoms with E-state index in [1.54, 1.807) is 6.20 Å². The van der Waals surface area contributed by atoms with Crippen LogP contribution in [0.5, 0.6) is 0 Å². The fourth-order valence-corrected chi connectivity index (χ4v) is 3.59. The maximum absolute atomic E-state index is 5.50. The van der Waals surface area contributed by atoms with E-state index < -0.39 is 0 Å². The molecule has 4 heterocycles. The summed E-state index contributed by atoms with van der Waals surface area (Å²) < 4.78 is 5.50. The van der Waals surface area contributed by atoms with E-state index in [-0.39, 0.29) is 0 Å². The van der Waals surface area contributed by atoms with Crippen molar-refractivity contribution in [1.82, 2.24) is 19.9 Å². The predicted molar refractivity (Wildman–Crippen MR) is 97.6 cm³/mol. The molecule has 2 fully saturated rings. The molecule has 2 saturated heterocycles. The number of pyridine rings is 1. The number of aromatic nitrogens is 3. The summed E-state index contributed by atoms with van der Waals surface area (Å²) in [7, 11) is 0. The molecule has 1 unspecified atom stereocenters. The van der Waals surface area contributed by atoms with Crippen LogP contribution in [0.1, 0.15) is 12.1 Å². The van der Waals surface area contributed by atoms with E-state index >= 15 is 0 Å². The summed E-state index contributed by atoms with van der Waals surface area (Å²) in [6, 6.07) is 6.01. The van der Waals surface area contributed by atoms with E-state index in [1.807, 2.05) is 25.3 Å². The lowest BCUT2D eigenvalue weighted by Crippen LogP contribution is -2.48. The van der Waals surface area contributed by atoms with E-state index in [1.165, 1.54) is 6.42 Å². The Hall–Kier alpha value is -2.05. The van der Waals surface area contributed by atoms with Gasteiger partial charge in [-0.15, -0.1) is 0 Å². The molecule has 0 aliphatic carbocycles. The zero-order valence-corrected chi connectivity index (χ0v) is 14.8. The van der Waals surface area contributed by atoms with Crippen LogP contribution < -0.4 is 4.90 Å². The molecule has 0 N–H and O–H groups in total. The van der Waals surface area contributed by atoms with E-state index in [0.717, 1.165) is 68.8 Å². The summed E-state index contributed by atoms with van der Waals surface area (Å²) in [6.07, 6.45) is 4.80. The van der Waals surface area contributed by atoms with Crippen molar-refractivity contribution in [1.29, 1.82) is 0 Å². The second-order valence-electron chi connectivity index (χ2n) is 6.95. The van der Waals surface area contributed by atoms with Gasteiger partial charge < -0.3 is 9.64 Å². The number of hydrogen-bond donors (Lipinski definition) is 0. The first-order valence-electron chi connectivity index (χ1n) is 9.09. The van der Waals surface area contributed by atoms with Crippen molar-refractivity contribution < 1.29 is 4.74 Å². The van der Waals surface area contributed by atoms with Crippen molar-refractivity contribution in [3.8, 4) is 11.4 Å². The first-order valence-corrected chi connectivity index (χ1v) is 9.09. The molecule has 2 aliphatic heterocycles. The summed E-state index contributed by atoms with van der Waals surface area (Å²) in [5.74, 6) is 2.49. The first-order chi connectivity index (χ1) is 12.3. The van der Waals surface area contributed by atoms with Gasteiger partial charge in [-0.2, -0.15) is 0 Å². The normalized spacial score (nSPS) is 21.6. The highest BCUT2D eigenvalue weighted by molar-refractivity contribution is 5.56. The van der Waals surface area contributed by atoms with Crippen molar-refractivity contribution in [2.75, 3.05) is 50.8 Å². The van der Waals surface area contributed by atoms with Crippen molar-refractivity contribution in [3.05, 3.63) is 36.3 Å². The van der Waals surface area contributed by atoms with Gasteiger partial charge in [0.1, 0.15) is 5.82 Å². The number of hydrogen-bond acceptors (Lipinski definition) is 6. The van der Waals surface area contributed by atoms with Gasteiger partial charge in [0.15, 0.2) is 5.82 Å². The Balaban J connectivity index is 1.43. The third kappa shape index (κ3) is 3.96. The van der Waals surface area contributed by atoms with Crippen LogP contribution in [0.4, 0.5) is 5.82 Å². The van der Waals surface area contributed by atoms with Crippen LogP contribution in [0.25, 0.3) is 11.4 Å². The molecular formula is C19H25N5O. The molecule has 0 amide bonds. The number of ether oxygens (including phenoxy) is 1. The molecule has 0 saturated carbocycles. The first kappa shape index (κ1) is 16.4. The maximum atomic E-state index is 5.50. The Kier molecular flexibility index (Phi) is 4.90. The quantitative estimate of drug-likeness (QED) is 0.849. The molecule has 2 aromatic heterocycles. The molecule has 0 spiro atoms. The van der Waals surface area contributed by atoms with Crippen LogP contribution in [0.3, 0.4) is 0 Å². The molecule has 25 heavy (non-hydrogen) atoms. The number of piperazine rings is 1. The van der Waals surface area contributed by atoms with Crippen molar-refractivity contribution >= 4 is 5.82 Å². The second-order valence-corrected chi connectivity index (χ2v) is 6.95. The zero-order valence-electron chi connectivity index (χ0n) is 14.8. The van der Waals surface area contributed by atoms with Gasteiger partial charge in [0.25, 0.3) is 0 Å². The molecule has 0 bridgehead atoms. The number of nitrogens with zero attached hydrogens (tertiary/aromatic N) is 5. The van der Waals surface area contributed by atoms with Crippen LogP contribution in [0, 0.1) is 12.8 Å². The average molecular weight is 339 g/mol. The second kappa shape index (κ2) is 7.45. The molecule has 4 rings (SSSR count). The van der Waals surface area contributed by atoms with Crippen molar-refractivity contribution in [3.63, 3.8) is 0 Å². The van der Waals surface area contributed by atoms with Gasteiger partial charge in [0.05, 0.1) is 6.61 Å². The van der Waals surface area contributed by atoms with E-state index in [2.05, 4.69) is 25.8 Å². The summed E-state index contributed by atoms with van der Waals surface area (Å²) in [5.41, 5.74) is 1.96.